The number of hydrogen-bond donors (Lipinski definition) is 1. The molecule has 0 bridgehead atoms. The predicted octanol–water partition coefficient (Wildman–Crippen LogP) is 4.83. The predicted molar refractivity (Wildman–Crippen MR) is 100 cm³/mol. The molecule has 0 spiro atoms. The highest BCUT2D eigenvalue weighted by molar-refractivity contribution is 7.79. The van der Waals surface area contributed by atoms with E-state index in [9.17, 15) is 9.18 Å². The first-order valence-corrected chi connectivity index (χ1v) is 9.87. The average molecular weight is 393 g/mol. The van der Waals surface area contributed by atoms with Gasteiger partial charge in [-0.2, -0.15) is 4.98 Å². The molecule has 8 heteroatoms. The number of hydrogen-bond acceptors (Lipinski definition) is 6. The molecule has 0 aliphatic carbocycles. The fourth-order valence-electron chi connectivity index (χ4n) is 2.09. The first-order valence-electron chi connectivity index (χ1n) is 7.32. The molecular formula is C17H13FN2O2S3. The van der Waals surface area contributed by atoms with Crippen LogP contribution in [0.2, 0.25) is 0 Å². The van der Waals surface area contributed by atoms with Crippen LogP contribution in [-0.4, -0.2) is 10.9 Å². The molecule has 0 unspecified atom stereocenters. The van der Waals surface area contributed by atoms with Crippen LogP contribution in [0.15, 0.2) is 48.5 Å². The molecule has 0 fully saturated rings. The van der Waals surface area contributed by atoms with Gasteiger partial charge in [-0.05, 0) is 68.3 Å². The van der Waals surface area contributed by atoms with E-state index in [1.165, 1.54) is 32.8 Å². The van der Waals surface area contributed by atoms with E-state index in [-0.39, 0.29) is 18.1 Å². The molecule has 0 aliphatic heterocycles. The lowest BCUT2D eigenvalue weighted by molar-refractivity contribution is -0.115. The summed E-state index contributed by atoms with van der Waals surface area (Å²) in [5, 5.41) is 3.25. The van der Waals surface area contributed by atoms with Crippen LogP contribution in [-0.2, 0) is 17.8 Å². The number of benzene rings is 2. The number of amides is 1. The van der Waals surface area contributed by atoms with Crippen LogP contribution < -0.4 is 10.1 Å². The van der Waals surface area contributed by atoms with Crippen molar-refractivity contribution in [2.24, 2.45) is 0 Å². The molecule has 4 nitrogen and oxygen atoms in total. The summed E-state index contributed by atoms with van der Waals surface area (Å²) in [6.45, 7) is 0.331. The molecule has 1 amide bonds. The SMILES string of the molecule is O=C(Cc1cccc(OCc2ccc(F)cc2)c1)Nc1nc(=S)ss1. The Morgan fingerprint density at radius 3 is 2.68 bits per heavy atom. The minimum atomic E-state index is -0.277. The van der Waals surface area contributed by atoms with Gasteiger partial charge in [0, 0.05) is 0 Å². The quantitative estimate of drug-likeness (QED) is 0.482. The van der Waals surface area contributed by atoms with Gasteiger partial charge in [-0.1, -0.05) is 24.3 Å². The number of aromatic nitrogens is 1. The molecule has 3 aromatic rings. The first-order chi connectivity index (χ1) is 12.1. The van der Waals surface area contributed by atoms with Crippen LogP contribution in [0.3, 0.4) is 0 Å². The van der Waals surface area contributed by atoms with E-state index in [0.29, 0.717) is 21.4 Å². The Bertz CT molecular complexity index is 922. The molecule has 1 aromatic heterocycles. The standard InChI is InChI=1S/C17H13FN2O2S3/c18-13-6-4-11(5-7-13)10-22-14-3-1-2-12(8-14)9-15(21)19-16-20-17(23)25-24-16/h1-8H,9-10H2,(H,19,20,21,23). The average Bonchev–Trinajstić information content (AvgIpc) is 2.99. The number of rotatable bonds is 6. The lowest BCUT2D eigenvalue weighted by Gasteiger charge is -2.08. The first kappa shape index (κ1) is 17.7. The molecule has 128 valence electrons. The molecule has 0 saturated carbocycles. The number of carbonyl (C=O) groups excluding carboxylic acids is 1. The van der Waals surface area contributed by atoms with E-state index < -0.39 is 0 Å². The molecule has 3 rings (SSSR count). The van der Waals surface area contributed by atoms with E-state index in [0.717, 1.165) is 11.1 Å². The second-order valence-electron chi connectivity index (χ2n) is 5.14. The summed E-state index contributed by atoms with van der Waals surface area (Å²) in [4.78, 5) is 16.1. The van der Waals surface area contributed by atoms with Gasteiger partial charge >= 0.3 is 0 Å². The molecule has 1 N–H and O–H groups in total. The Hall–Kier alpha value is -2.16. The zero-order valence-corrected chi connectivity index (χ0v) is 15.3. The maximum Gasteiger partial charge on any atom is 0.230 e. The minimum Gasteiger partial charge on any atom is -0.489 e. The Kier molecular flexibility index (Phi) is 5.85. The molecule has 0 saturated heterocycles. The number of nitrogens with zero attached hydrogens (tertiary/aromatic N) is 1. The van der Waals surface area contributed by atoms with Crippen molar-refractivity contribution < 1.29 is 13.9 Å². The van der Waals surface area contributed by atoms with E-state index in [1.807, 2.05) is 24.3 Å². The van der Waals surface area contributed by atoms with Gasteiger partial charge in [-0.25, -0.2) is 4.39 Å². The fourth-order valence-corrected chi connectivity index (χ4v) is 3.96. The van der Waals surface area contributed by atoms with Crippen molar-refractivity contribution in [3.05, 3.63) is 69.4 Å². The van der Waals surface area contributed by atoms with Gasteiger partial charge in [0.25, 0.3) is 0 Å². The maximum atomic E-state index is 12.9. The van der Waals surface area contributed by atoms with E-state index >= 15 is 0 Å². The number of carbonyl (C=O) groups is 1. The second-order valence-corrected chi connectivity index (χ2v) is 7.89. The Morgan fingerprint density at radius 1 is 1.16 bits per heavy atom. The molecule has 25 heavy (non-hydrogen) atoms. The van der Waals surface area contributed by atoms with E-state index in [2.05, 4.69) is 10.3 Å². The van der Waals surface area contributed by atoms with Crippen LogP contribution in [0.25, 0.3) is 0 Å². The summed E-state index contributed by atoms with van der Waals surface area (Å²) < 4.78 is 19.1. The monoisotopic (exact) mass is 392 g/mol. The van der Waals surface area contributed by atoms with Crippen LogP contribution in [0, 0.1) is 9.77 Å². The fraction of sp³-hybridized carbons (Fsp3) is 0.118. The summed E-state index contributed by atoms with van der Waals surface area (Å²) >= 11 is 4.94. The molecule has 2 aromatic carbocycles. The third-order valence-corrected chi connectivity index (χ3v) is 5.74. The van der Waals surface area contributed by atoms with Crippen LogP contribution >= 0.6 is 32.9 Å². The number of nitrogens with one attached hydrogen (secondary N) is 1. The van der Waals surface area contributed by atoms with Crippen molar-refractivity contribution in [1.29, 1.82) is 0 Å². The Balaban J connectivity index is 1.58. The zero-order chi connectivity index (χ0) is 17.6. The normalized spacial score (nSPS) is 10.4. The summed E-state index contributed by atoms with van der Waals surface area (Å²) in [7, 11) is 2.69. The lowest BCUT2D eigenvalue weighted by atomic mass is 10.1. The highest BCUT2D eigenvalue weighted by atomic mass is 32.9. The van der Waals surface area contributed by atoms with Crippen LogP contribution in [0.4, 0.5) is 9.52 Å². The summed E-state index contributed by atoms with van der Waals surface area (Å²) in [6, 6.07) is 13.5. The third-order valence-electron chi connectivity index (χ3n) is 3.21. The summed E-state index contributed by atoms with van der Waals surface area (Å²) in [5.74, 6) is 0.215. The Morgan fingerprint density at radius 2 is 1.96 bits per heavy atom. The zero-order valence-electron chi connectivity index (χ0n) is 12.9. The van der Waals surface area contributed by atoms with Gasteiger partial charge in [0.2, 0.25) is 11.0 Å². The maximum absolute atomic E-state index is 12.9. The summed E-state index contributed by atoms with van der Waals surface area (Å²) in [5.41, 5.74) is 1.70. The molecular weight excluding hydrogens is 379 g/mol. The molecule has 1 heterocycles. The third kappa shape index (κ3) is 5.42. The molecule has 0 radical (unpaired) electrons. The second kappa shape index (κ2) is 8.28. The molecule has 0 aliphatic rings. The van der Waals surface area contributed by atoms with Crippen molar-refractivity contribution >= 4 is 43.9 Å². The van der Waals surface area contributed by atoms with E-state index in [4.69, 9.17) is 17.0 Å². The minimum absolute atomic E-state index is 0.160. The number of halogens is 1. The van der Waals surface area contributed by atoms with Gasteiger partial charge in [-0.15, -0.1) is 0 Å². The van der Waals surface area contributed by atoms with Gasteiger partial charge in [0.05, 0.1) is 6.42 Å². The van der Waals surface area contributed by atoms with Gasteiger partial charge in [-0.3, -0.25) is 4.79 Å². The molecule has 0 atom stereocenters. The van der Waals surface area contributed by atoms with Crippen molar-refractivity contribution in [2.75, 3.05) is 5.32 Å². The van der Waals surface area contributed by atoms with Crippen molar-refractivity contribution in [3.63, 3.8) is 0 Å². The van der Waals surface area contributed by atoms with Crippen molar-refractivity contribution in [3.8, 4) is 5.75 Å². The van der Waals surface area contributed by atoms with Crippen LogP contribution in [0.5, 0.6) is 5.75 Å². The number of anilines is 1. The van der Waals surface area contributed by atoms with Crippen LogP contribution in [0.1, 0.15) is 11.1 Å². The van der Waals surface area contributed by atoms with Gasteiger partial charge in [0.15, 0.2) is 3.95 Å². The number of ether oxygens (including phenoxy) is 1. The highest BCUT2D eigenvalue weighted by Gasteiger charge is 2.07. The van der Waals surface area contributed by atoms with Crippen molar-refractivity contribution in [2.45, 2.75) is 13.0 Å². The lowest BCUT2D eigenvalue weighted by Crippen LogP contribution is -2.14. The van der Waals surface area contributed by atoms with Crippen molar-refractivity contribution in [1.82, 2.24) is 4.98 Å². The summed E-state index contributed by atoms with van der Waals surface area (Å²) in [6.07, 6.45) is 0.213. The Labute approximate surface area is 156 Å². The topological polar surface area (TPSA) is 51.2 Å². The highest BCUT2D eigenvalue weighted by Crippen LogP contribution is 2.20. The van der Waals surface area contributed by atoms with E-state index in [1.54, 1.807) is 12.1 Å². The smallest absolute Gasteiger partial charge is 0.230 e. The largest absolute Gasteiger partial charge is 0.489 e. The van der Waals surface area contributed by atoms with Gasteiger partial charge in [0.1, 0.15) is 18.2 Å². The van der Waals surface area contributed by atoms with Gasteiger partial charge < -0.3 is 10.1 Å².